The lowest BCUT2D eigenvalue weighted by molar-refractivity contribution is 0.249. The topological polar surface area (TPSA) is 37.4 Å². The second-order valence-electron chi connectivity index (χ2n) is 5.46. The van der Waals surface area contributed by atoms with Gasteiger partial charge in [0.05, 0.1) is 5.75 Å². The Bertz CT molecular complexity index is 520. The van der Waals surface area contributed by atoms with Gasteiger partial charge in [0.1, 0.15) is 9.84 Å². The Labute approximate surface area is 126 Å². The van der Waals surface area contributed by atoms with Crippen LogP contribution in [0.5, 0.6) is 0 Å². The van der Waals surface area contributed by atoms with Gasteiger partial charge in [-0.25, -0.2) is 8.42 Å². The maximum Gasteiger partial charge on any atom is 0.148 e. The van der Waals surface area contributed by atoms with Gasteiger partial charge in [-0.1, -0.05) is 25.0 Å². The molecule has 2 heterocycles. The van der Waals surface area contributed by atoms with Crippen molar-refractivity contribution in [1.29, 1.82) is 0 Å². The van der Waals surface area contributed by atoms with Gasteiger partial charge in [-0.15, -0.1) is 11.3 Å². The van der Waals surface area contributed by atoms with Crippen molar-refractivity contribution in [2.75, 3.05) is 25.1 Å². The van der Waals surface area contributed by atoms with Gasteiger partial charge in [-0.2, -0.15) is 0 Å². The average molecular weight is 313 g/mol. The molecule has 2 rings (SSSR count). The first-order valence-electron chi connectivity index (χ1n) is 7.18. The third-order valence-corrected chi connectivity index (χ3v) is 5.45. The minimum absolute atomic E-state index is 0.260. The van der Waals surface area contributed by atoms with E-state index in [0.29, 0.717) is 12.6 Å². The summed E-state index contributed by atoms with van der Waals surface area (Å²) in [5.74, 6) is 0.260. The van der Waals surface area contributed by atoms with E-state index in [-0.39, 0.29) is 5.75 Å². The number of rotatable bonds is 5. The minimum atomic E-state index is -2.88. The zero-order valence-electron chi connectivity index (χ0n) is 12.0. The van der Waals surface area contributed by atoms with Crippen LogP contribution in [0.15, 0.2) is 23.6 Å². The van der Waals surface area contributed by atoms with Crippen molar-refractivity contribution >= 4 is 27.3 Å². The highest BCUT2D eigenvalue weighted by atomic mass is 32.2. The number of sulfone groups is 1. The van der Waals surface area contributed by atoms with E-state index >= 15 is 0 Å². The lowest BCUT2D eigenvalue weighted by atomic mass is 10.1. The summed E-state index contributed by atoms with van der Waals surface area (Å²) >= 11 is 1.73. The van der Waals surface area contributed by atoms with E-state index in [9.17, 15) is 8.42 Å². The van der Waals surface area contributed by atoms with Crippen molar-refractivity contribution in [3.8, 4) is 0 Å². The summed E-state index contributed by atoms with van der Waals surface area (Å²) in [7, 11) is -2.88. The van der Waals surface area contributed by atoms with Gasteiger partial charge < -0.3 is 0 Å². The first-order valence-corrected chi connectivity index (χ1v) is 10.1. The number of likely N-dealkylation sites (tertiary alicyclic amines) is 1. The summed E-state index contributed by atoms with van der Waals surface area (Å²) in [6.07, 6.45) is 10.5. The van der Waals surface area contributed by atoms with Crippen molar-refractivity contribution in [2.24, 2.45) is 0 Å². The molecular weight excluding hydrogens is 290 g/mol. The third-order valence-electron chi connectivity index (χ3n) is 3.69. The quantitative estimate of drug-likeness (QED) is 0.838. The van der Waals surface area contributed by atoms with E-state index in [1.54, 1.807) is 11.3 Å². The Morgan fingerprint density at radius 1 is 1.40 bits per heavy atom. The van der Waals surface area contributed by atoms with E-state index < -0.39 is 9.84 Å². The number of hydrogen-bond donors (Lipinski definition) is 0. The van der Waals surface area contributed by atoms with Crippen LogP contribution in [0, 0.1) is 0 Å². The lowest BCUT2D eigenvalue weighted by Crippen LogP contribution is -2.37. The van der Waals surface area contributed by atoms with E-state index in [4.69, 9.17) is 0 Å². The summed E-state index contributed by atoms with van der Waals surface area (Å²) in [5, 5.41) is 2.08. The molecule has 3 nitrogen and oxygen atoms in total. The summed E-state index contributed by atoms with van der Waals surface area (Å²) in [6, 6.07) is 4.54. The smallest absolute Gasteiger partial charge is 0.148 e. The molecule has 0 amide bonds. The van der Waals surface area contributed by atoms with Gasteiger partial charge >= 0.3 is 0 Å². The SMILES string of the molecule is CS(=O)(=O)CCN1CCCCCC1C=Cc1cccs1. The summed E-state index contributed by atoms with van der Waals surface area (Å²) in [6.45, 7) is 1.66. The Morgan fingerprint density at radius 2 is 2.25 bits per heavy atom. The normalized spacial score (nSPS) is 22.1. The standard InChI is InChI=1S/C15H23NO2S2/c1-20(17,18)13-11-16-10-4-2-3-6-14(16)8-9-15-7-5-12-19-15/h5,7-9,12,14H,2-4,6,10-11,13H2,1H3. The second kappa shape index (κ2) is 7.38. The molecule has 0 saturated carbocycles. The molecule has 0 aliphatic carbocycles. The molecule has 1 aromatic rings. The van der Waals surface area contributed by atoms with Crippen LogP contribution in [0.1, 0.15) is 30.6 Å². The summed E-state index contributed by atoms with van der Waals surface area (Å²) < 4.78 is 22.7. The molecule has 20 heavy (non-hydrogen) atoms. The number of hydrogen-bond acceptors (Lipinski definition) is 4. The molecule has 0 radical (unpaired) electrons. The van der Waals surface area contributed by atoms with Crippen LogP contribution in [0.4, 0.5) is 0 Å². The Balaban J connectivity index is 2.01. The molecule has 112 valence electrons. The third kappa shape index (κ3) is 5.38. The van der Waals surface area contributed by atoms with Gasteiger partial charge in [0.25, 0.3) is 0 Å². The molecule has 5 heteroatoms. The van der Waals surface area contributed by atoms with Gasteiger partial charge in [-0.3, -0.25) is 4.90 Å². The molecule has 1 aliphatic heterocycles. The van der Waals surface area contributed by atoms with E-state index in [0.717, 1.165) is 13.0 Å². The minimum Gasteiger partial charge on any atom is -0.296 e. The fraction of sp³-hybridized carbons (Fsp3) is 0.600. The molecule has 0 bridgehead atoms. The molecule has 1 saturated heterocycles. The van der Waals surface area contributed by atoms with E-state index in [1.165, 1.54) is 30.4 Å². The second-order valence-corrected chi connectivity index (χ2v) is 8.70. The first-order chi connectivity index (χ1) is 9.54. The Hall–Kier alpha value is -0.650. The van der Waals surface area contributed by atoms with Crippen LogP contribution in [0.25, 0.3) is 6.08 Å². The van der Waals surface area contributed by atoms with Crippen molar-refractivity contribution < 1.29 is 8.42 Å². The van der Waals surface area contributed by atoms with Crippen LogP contribution in [-0.4, -0.2) is 44.5 Å². The largest absolute Gasteiger partial charge is 0.296 e. The molecule has 1 unspecified atom stereocenters. The van der Waals surface area contributed by atoms with Crippen LogP contribution in [0.2, 0.25) is 0 Å². The molecular formula is C15H23NO2S2. The highest BCUT2D eigenvalue weighted by Crippen LogP contribution is 2.20. The average Bonchev–Trinajstić information content (AvgIpc) is 2.79. The van der Waals surface area contributed by atoms with Crippen molar-refractivity contribution in [1.82, 2.24) is 4.90 Å². The fourth-order valence-electron chi connectivity index (χ4n) is 2.56. The van der Waals surface area contributed by atoms with E-state index in [2.05, 4.69) is 34.6 Å². The predicted octanol–water partition coefficient (Wildman–Crippen LogP) is 3.05. The molecule has 1 fully saturated rings. The monoisotopic (exact) mass is 313 g/mol. The van der Waals surface area contributed by atoms with Crippen molar-refractivity contribution in [3.05, 3.63) is 28.5 Å². The predicted molar refractivity (Wildman–Crippen MR) is 86.9 cm³/mol. The highest BCUT2D eigenvalue weighted by Gasteiger charge is 2.19. The van der Waals surface area contributed by atoms with Crippen LogP contribution < -0.4 is 0 Å². The van der Waals surface area contributed by atoms with E-state index in [1.807, 2.05) is 0 Å². The maximum atomic E-state index is 11.4. The van der Waals surface area contributed by atoms with Gasteiger partial charge in [0, 0.05) is 23.7 Å². The van der Waals surface area contributed by atoms with Gasteiger partial charge in [0.15, 0.2) is 0 Å². The maximum absolute atomic E-state index is 11.4. The van der Waals surface area contributed by atoms with Crippen LogP contribution in [0.3, 0.4) is 0 Å². The van der Waals surface area contributed by atoms with Crippen LogP contribution in [-0.2, 0) is 9.84 Å². The molecule has 0 spiro atoms. The van der Waals surface area contributed by atoms with Gasteiger partial charge in [-0.05, 0) is 36.9 Å². The molecule has 0 aromatic carbocycles. The molecule has 1 atom stereocenters. The molecule has 1 aromatic heterocycles. The van der Waals surface area contributed by atoms with Crippen molar-refractivity contribution in [3.63, 3.8) is 0 Å². The fourth-order valence-corrected chi connectivity index (χ4v) is 3.76. The number of nitrogens with zero attached hydrogens (tertiary/aromatic N) is 1. The molecule has 1 aliphatic rings. The highest BCUT2D eigenvalue weighted by molar-refractivity contribution is 7.90. The Morgan fingerprint density at radius 3 is 2.95 bits per heavy atom. The summed E-state index contributed by atoms with van der Waals surface area (Å²) in [4.78, 5) is 3.59. The van der Waals surface area contributed by atoms with Gasteiger partial charge in [0.2, 0.25) is 0 Å². The zero-order chi connectivity index (χ0) is 14.4. The lowest BCUT2D eigenvalue weighted by Gasteiger charge is -2.27. The van der Waals surface area contributed by atoms with Crippen molar-refractivity contribution in [2.45, 2.75) is 31.7 Å². The summed E-state index contributed by atoms with van der Waals surface area (Å²) in [5.41, 5.74) is 0. The number of thiophene rings is 1. The molecule has 0 N–H and O–H groups in total. The first kappa shape index (κ1) is 15.7. The van der Waals surface area contributed by atoms with Crippen LogP contribution >= 0.6 is 11.3 Å². The zero-order valence-corrected chi connectivity index (χ0v) is 13.6. The Kier molecular flexibility index (Phi) is 5.81.